The minimum absolute atomic E-state index is 0.200. The van der Waals surface area contributed by atoms with Crippen LogP contribution in [0.5, 0.6) is 0 Å². The molecular formula is C16H25N3O3S2. The number of amidine groups is 1. The van der Waals surface area contributed by atoms with Crippen molar-refractivity contribution in [2.24, 2.45) is 10.7 Å². The van der Waals surface area contributed by atoms with Gasteiger partial charge in [-0.15, -0.1) is 0 Å². The Kier molecular flexibility index (Phi) is 7.09. The van der Waals surface area contributed by atoms with Crippen LogP contribution in [0.25, 0.3) is 0 Å². The summed E-state index contributed by atoms with van der Waals surface area (Å²) in [6.07, 6.45) is 0.939. The van der Waals surface area contributed by atoms with Crippen LogP contribution in [-0.4, -0.2) is 50.2 Å². The Labute approximate surface area is 148 Å². The lowest BCUT2D eigenvalue weighted by Gasteiger charge is -2.26. The van der Waals surface area contributed by atoms with E-state index in [1.165, 1.54) is 16.1 Å². The summed E-state index contributed by atoms with van der Waals surface area (Å²) in [6.45, 7) is 5.76. The standard InChI is InChI=1S/C16H25N3O3S2/c1-3-13(2)18-16(17)23-12-14-5-4-6-15(11-14)24(20,21)19-7-9-22-10-8-19/h4-6,11,13H,3,7-10,12H2,1-2H3,(H2,17,18)/t13-/m1/s1. The summed E-state index contributed by atoms with van der Waals surface area (Å²) in [4.78, 5) is 4.69. The highest BCUT2D eigenvalue weighted by atomic mass is 32.2. The number of rotatable bonds is 6. The van der Waals surface area contributed by atoms with E-state index in [4.69, 9.17) is 10.5 Å². The largest absolute Gasteiger partial charge is 0.379 e. The van der Waals surface area contributed by atoms with Gasteiger partial charge in [0.15, 0.2) is 5.17 Å². The molecule has 8 heteroatoms. The predicted octanol–water partition coefficient (Wildman–Crippen LogP) is 2.05. The van der Waals surface area contributed by atoms with Crippen molar-refractivity contribution in [3.63, 3.8) is 0 Å². The van der Waals surface area contributed by atoms with E-state index in [1.54, 1.807) is 18.2 Å². The van der Waals surface area contributed by atoms with Gasteiger partial charge < -0.3 is 10.5 Å². The molecule has 2 rings (SSSR count). The number of thioether (sulfide) groups is 1. The molecule has 0 bridgehead atoms. The highest BCUT2D eigenvalue weighted by Gasteiger charge is 2.26. The lowest BCUT2D eigenvalue weighted by molar-refractivity contribution is 0.0730. The minimum atomic E-state index is -3.46. The van der Waals surface area contributed by atoms with Crippen molar-refractivity contribution in [2.75, 3.05) is 26.3 Å². The molecule has 0 amide bonds. The van der Waals surface area contributed by atoms with E-state index in [9.17, 15) is 8.42 Å². The molecule has 1 saturated heterocycles. The van der Waals surface area contributed by atoms with Crippen molar-refractivity contribution in [1.82, 2.24) is 4.31 Å². The number of nitrogens with two attached hydrogens (primary N) is 1. The molecule has 1 aliphatic heterocycles. The predicted molar refractivity (Wildman–Crippen MR) is 98.7 cm³/mol. The lowest BCUT2D eigenvalue weighted by atomic mass is 10.2. The maximum Gasteiger partial charge on any atom is 0.243 e. The summed E-state index contributed by atoms with van der Waals surface area (Å²) in [5.74, 6) is 0.595. The van der Waals surface area contributed by atoms with Gasteiger partial charge in [-0.25, -0.2) is 8.42 Å². The van der Waals surface area contributed by atoms with Crippen LogP contribution in [0, 0.1) is 0 Å². The van der Waals surface area contributed by atoms with Crippen LogP contribution < -0.4 is 5.73 Å². The molecule has 0 aliphatic carbocycles. The van der Waals surface area contributed by atoms with Crippen molar-refractivity contribution in [3.05, 3.63) is 29.8 Å². The molecule has 134 valence electrons. The number of morpholine rings is 1. The van der Waals surface area contributed by atoms with Crippen molar-refractivity contribution in [1.29, 1.82) is 0 Å². The van der Waals surface area contributed by atoms with Crippen molar-refractivity contribution < 1.29 is 13.2 Å². The molecule has 0 spiro atoms. The summed E-state index contributed by atoms with van der Waals surface area (Å²) in [5.41, 5.74) is 6.82. The Morgan fingerprint density at radius 1 is 1.42 bits per heavy atom. The van der Waals surface area contributed by atoms with Crippen LogP contribution in [0.1, 0.15) is 25.8 Å². The zero-order valence-electron chi connectivity index (χ0n) is 14.1. The molecule has 1 heterocycles. The minimum Gasteiger partial charge on any atom is -0.379 e. The first-order valence-electron chi connectivity index (χ1n) is 8.06. The third-order valence-corrected chi connectivity index (χ3v) is 6.60. The second kappa shape index (κ2) is 8.84. The Balaban J connectivity index is 2.07. The monoisotopic (exact) mass is 371 g/mol. The zero-order valence-corrected chi connectivity index (χ0v) is 15.8. The topological polar surface area (TPSA) is 85.0 Å². The number of benzene rings is 1. The van der Waals surface area contributed by atoms with Gasteiger partial charge >= 0.3 is 0 Å². The van der Waals surface area contributed by atoms with Crippen LogP contribution in [0.3, 0.4) is 0 Å². The molecule has 0 radical (unpaired) electrons. The van der Waals surface area contributed by atoms with E-state index in [0.29, 0.717) is 42.1 Å². The lowest BCUT2D eigenvalue weighted by Crippen LogP contribution is -2.40. The maximum absolute atomic E-state index is 12.7. The molecule has 1 fully saturated rings. The van der Waals surface area contributed by atoms with Gasteiger partial charge in [-0.1, -0.05) is 30.8 Å². The second-order valence-corrected chi connectivity index (χ2v) is 8.61. The van der Waals surface area contributed by atoms with Gasteiger partial charge in [0.1, 0.15) is 0 Å². The molecule has 1 aromatic carbocycles. The van der Waals surface area contributed by atoms with E-state index in [0.717, 1.165) is 12.0 Å². The fourth-order valence-electron chi connectivity index (χ4n) is 2.23. The van der Waals surface area contributed by atoms with Gasteiger partial charge in [0.2, 0.25) is 10.0 Å². The van der Waals surface area contributed by atoms with Gasteiger partial charge in [0.05, 0.1) is 18.1 Å². The summed E-state index contributed by atoms with van der Waals surface area (Å²) in [5, 5.41) is 0.533. The van der Waals surface area contributed by atoms with E-state index in [1.807, 2.05) is 13.0 Å². The third-order valence-electron chi connectivity index (χ3n) is 3.83. The van der Waals surface area contributed by atoms with Gasteiger partial charge in [0.25, 0.3) is 0 Å². The number of ether oxygens (including phenoxy) is 1. The van der Waals surface area contributed by atoms with Crippen LogP contribution >= 0.6 is 11.8 Å². The first-order chi connectivity index (χ1) is 11.4. The van der Waals surface area contributed by atoms with Crippen molar-refractivity contribution >= 4 is 27.0 Å². The molecule has 24 heavy (non-hydrogen) atoms. The van der Waals surface area contributed by atoms with E-state index in [2.05, 4.69) is 11.9 Å². The van der Waals surface area contributed by atoms with E-state index >= 15 is 0 Å². The van der Waals surface area contributed by atoms with Crippen LogP contribution in [-0.2, 0) is 20.5 Å². The zero-order chi connectivity index (χ0) is 17.6. The number of hydrogen-bond donors (Lipinski definition) is 1. The first kappa shape index (κ1) is 19.2. The quantitative estimate of drug-likeness (QED) is 0.611. The van der Waals surface area contributed by atoms with Gasteiger partial charge in [-0.3, -0.25) is 4.99 Å². The Hall–Kier alpha value is -1.09. The van der Waals surface area contributed by atoms with E-state index < -0.39 is 10.0 Å². The summed E-state index contributed by atoms with van der Waals surface area (Å²) >= 11 is 1.43. The highest BCUT2D eigenvalue weighted by Crippen LogP contribution is 2.21. The van der Waals surface area contributed by atoms with Gasteiger partial charge in [-0.2, -0.15) is 4.31 Å². The summed E-state index contributed by atoms with van der Waals surface area (Å²) in [6, 6.07) is 7.22. The van der Waals surface area contributed by atoms with Crippen LogP contribution in [0.4, 0.5) is 0 Å². The molecule has 1 atom stereocenters. The molecule has 1 aromatic rings. The number of nitrogens with zero attached hydrogens (tertiary/aromatic N) is 2. The van der Waals surface area contributed by atoms with Crippen molar-refractivity contribution in [3.8, 4) is 0 Å². The molecule has 2 N–H and O–H groups in total. The Bertz CT molecular complexity index is 671. The molecule has 0 saturated carbocycles. The first-order valence-corrected chi connectivity index (χ1v) is 10.5. The molecule has 0 aromatic heterocycles. The van der Waals surface area contributed by atoms with Gasteiger partial charge in [0, 0.05) is 24.9 Å². The molecule has 6 nitrogen and oxygen atoms in total. The Morgan fingerprint density at radius 3 is 2.79 bits per heavy atom. The number of sulfonamides is 1. The summed E-state index contributed by atoms with van der Waals surface area (Å²) < 4.78 is 32.1. The molecule has 1 aliphatic rings. The smallest absolute Gasteiger partial charge is 0.243 e. The number of aliphatic imine (C=N–C) groups is 1. The normalized spacial score (nSPS) is 18.5. The fraction of sp³-hybridized carbons (Fsp3) is 0.562. The SMILES string of the molecule is CC[C@@H](C)N=C(N)SCc1cccc(S(=O)(=O)N2CCOCC2)c1. The average Bonchev–Trinajstić information content (AvgIpc) is 2.61. The maximum atomic E-state index is 12.7. The second-order valence-electron chi connectivity index (χ2n) is 5.68. The van der Waals surface area contributed by atoms with Crippen LogP contribution in [0.15, 0.2) is 34.2 Å². The van der Waals surface area contributed by atoms with Gasteiger partial charge in [-0.05, 0) is 31.0 Å². The summed E-state index contributed by atoms with van der Waals surface area (Å²) in [7, 11) is -3.46. The van der Waals surface area contributed by atoms with Crippen molar-refractivity contribution in [2.45, 2.75) is 37.0 Å². The Morgan fingerprint density at radius 2 is 2.12 bits per heavy atom. The molecular weight excluding hydrogens is 346 g/mol. The highest BCUT2D eigenvalue weighted by molar-refractivity contribution is 8.13. The van der Waals surface area contributed by atoms with Crippen LogP contribution in [0.2, 0.25) is 0 Å². The molecule has 0 unspecified atom stereocenters. The third kappa shape index (κ3) is 5.20. The average molecular weight is 372 g/mol. The fourth-order valence-corrected chi connectivity index (χ4v) is 4.46. The number of hydrogen-bond acceptors (Lipinski definition) is 5. The van der Waals surface area contributed by atoms with E-state index in [-0.39, 0.29) is 6.04 Å².